The van der Waals surface area contributed by atoms with Gasteiger partial charge in [-0.05, 0) is 83.6 Å². The zero-order chi connectivity index (χ0) is 24.0. The fourth-order valence-corrected chi connectivity index (χ4v) is 6.74. The molecule has 2 aliphatic rings. The third-order valence-electron chi connectivity index (χ3n) is 7.35. The molecular weight excluding hydrogens is 426 g/mol. The average Bonchev–Trinajstić information content (AvgIpc) is 3.24. The first kappa shape index (κ1) is 26.5. The lowest BCUT2D eigenvalue weighted by Gasteiger charge is -2.30. The Bertz CT molecular complexity index is 795. The van der Waals surface area contributed by atoms with Gasteiger partial charge in [-0.3, -0.25) is 4.90 Å². The third-order valence-corrected chi connectivity index (χ3v) is 8.50. The summed E-state index contributed by atoms with van der Waals surface area (Å²) in [5.74, 6) is 3.48. The summed E-state index contributed by atoms with van der Waals surface area (Å²) in [6, 6.07) is 9.54. The van der Waals surface area contributed by atoms with Gasteiger partial charge in [0, 0.05) is 30.2 Å². The van der Waals surface area contributed by atoms with Crippen LogP contribution in [-0.4, -0.2) is 57.5 Å². The minimum absolute atomic E-state index is 0.159. The van der Waals surface area contributed by atoms with Crippen molar-refractivity contribution in [3.05, 3.63) is 59.2 Å². The normalized spacial score (nSPS) is 26.1. The van der Waals surface area contributed by atoms with E-state index in [2.05, 4.69) is 81.6 Å². The van der Waals surface area contributed by atoms with Gasteiger partial charge in [0.2, 0.25) is 0 Å². The van der Waals surface area contributed by atoms with Crippen LogP contribution in [0.15, 0.2) is 48.1 Å². The number of hydrogen-bond donors (Lipinski definition) is 2. The van der Waals surface area contributed by atoms with Gasteiger partial charge in [0.1, 0.15) is 0 Å². The first-order valence-electron chi connectivity index (χ1n) is 12.9. The molecule has 0 radical (unpaired) electrons. The van der Waals surface area contributed by atoms with Gasteiger partial charge in [0.15, 0.2) is 0 Å². The van der Waals surface area contributed by atoms with Crippen molar-refractivity contribution in [3.8, 4) is 0 Å². The molecule has 1 aromatic carbocycles. The maximum atomic E-state index is 10.6. The molecule has 184 valence electrons. The van der Waals surface area contributed by atoms with Crippen LogP contribution in [0.1, 0.15) is 58.1 Å². The highest BCUT2D eigenvalue weighted by Crippen LogP contribution is 2.47. The van der Waals surface area contributed by atoms with Crippen LogP contribution in [0.4, 0.5) is 0 Å². The summed E-state index contributed by atoms with van der Waals surface area (Å²) in [4.78, 5) is 2.57. The van der Waals surface area contributed by atoms with Crippen LogP contribution in [0.25, 0.3) is 0 Å². The molecule has 0 aliphatic heterocycles. The topological polar surface area (TPSA) is 43.7 Å². The van der Waals surface area contributed by atoms with E-state index in [0.717, 1.165) is 24.2 Å². The predicted molar refractivity (Wildman–Crippen MR) is 143 cm³/mol. The maximum Gasteiger partial charge on any atom is 0.0761 e. The van der Waals surface area contributed by atoms with Gasteiger partial charge in [0.05, 0.1) is 12.2 Å². The van der Waals surface area contributed by atoms with E-state index < -0.39 is 6.10 Å². The number of rotatable bonds is 12. The van der Waals surface area contributed by atoms with E-state index in [4.69, 9.17) is 0 Å². The summed E-state index contributed by atoms with van der Waals surface area (Å²) < 4.78 is 0. The standard InChI is InChI=1S/C29H45NO2S/c1-20(2)30(21(3)4)12-7-13-33-19-24-15-25-18-29(32)27(28(25)17-24)11-10-26(31)16-23-9-6-8-22(5)14-23/h6,8-11,14-15,20-21,25-29,31-32H,7,12-13,16-19H2,1-5H3/t25-,26-,27+,28-,29+/m0/s1. The number of aliphatic hydroxyl groups is 2. The van der Waals surface area contributed by atoms with Crippen molar-refractivity contribution in [2.24, 2.45) is 17.8 Å². The molecule has 2 N–H and O–H groups in total. The van der Waals surface area contributed by atoms with E-state index in [-0.39, 0.29) is 12.0 Å². The highest BCUT2D eigenvalue weighted by molar-refractivity contribution is 7.99. The molecule has 3 nitrogen and oxygen atoms in total. The van der Waals surface area contributed by atoms with Gasteiger partial charge in [-0.1, -0.05) is 53.6 Å². The Morgan fingerprint density at radius 2 is 1.94 bits per heavy atom. The smallest absolute Gasteiger partial charge is 0.0761 e. The molecular formula is C29H45NO2S. The van der Waals surface area contributed by atoms with Crippen molar-refractivity contribution >= 4 is 11.8 Å². The largest absolute Gasteiger partial charge is 0.392 e. The highest BCUT2D eigenvalue weighted by atomic mass is 32.2. The molecule has 1 saturated carbocycles. The fraction of sp³-hybridized carbons (Fsp3) is 0.655. The van der Waals surface area contributed by atoms with Gasteiger partial charge in [0.25, 0.3) is 0 Å². The lowest BCUT2D eigenvalue weighted by Crippen LogP contribution is -2.37. The van der Waals surface area contributed by atoms with Crippen molar-refractivity contribution in [3.63, 3.8) is 0 Å². The molecule has 0 heterocycles. The van der Waals surface area contributed by atoms with Gasteiger partial charge in [-0.2, -0.15) is 11.8 Å². The molecule has 0 bridgehead atoms. The van der Waals surface area contributed by atoms with Crippen LogP contribution in [0.3, 0.4) is 0 Å². The van der Waals surface area contributed by atoms with Crippen molar-refractivity contribution in [1.82, 2.24) is 4.90 Å². The second-order valence-electron chi connectivity index (χ2n) is 10.7. The number of thioether (sulfide) groups is 1. The molecule has 1 fully saturated rings. The molecule has 0 aromatic heterocycles. The Morgan fingerprint density at radius 1 is 1.18 bits per heavy atom. The molecule has 4 heteroatoms. The Hall–Kier alpha value is -1.07. The number of aliphatic hydroxyl groups excluding tert-OH is 2. The number of aryl methyl sites for hydroxylation is 1. The summed E-state index contributed by atoms with van der Waals surface area (Å²) >= 11 is 2.06. The SMILES string of the molecule is Cc1cccc(C[C@@H](O)C=C[C@@H]2[C@H]3CC(CSCCCN(C(C)C)C(C)C)=C[C@H]3C[C@H]2O)c1. The Labute approximate surface area is 206 Å². The number of fused-ring (bicyclic) bond motifs is 1. The zero-order valence-electron chi connectivity index (χ0n) is 21.3. The minimum atomic E-state index is -0.501. The number of allylic oxidation sites excluding steroid dienone is 1. The van der Waals surface area contributed by atoms with Crippen molar-refractivity contribution in [1.29, 1.82) is 0 Å². The van der Waals surface area contributed by atoms with Crippen molar-refractivity contribution in [2.45, 2.75) is 84.6 Å². The van der Waals surface area contributed by atoms with Crippen LogP contribution in [-0.2, 0) is 6.42 Å². The number of benzene rings is 1. The van der Waals surface area contributed by atoms with E-state index >= 15 is 0 Å². The Morgan fingerprint density at radius 3 is 2.64 bits per heavy atom. The van der Waals surface area contributed by atoms with Gasteiger partial charge in [-0.15, -0.1) is 0 Å². The summed E-state index contributed by atoms with van der Waals surface area (Å²) in [6.45, 7) is 12.4. The van der Waals surface area contributed by atoms with Gasteiger partial charge in [-0.25, -0.2) is 0 Å². The minimum Gasteiger partial charge on any atom is -0.392 e. The Balaban J connectivity index is 1.43. The van der Waals surface area contributed by atoms with E-state index in [0.29, 0.717) is 30.3 Å². The monoisotopic (exact) mass is 471 g/mol. The molecule has 5 atom stereocenters. The maximum absolute atomic E-state index is 10.6. The lowest BCUT2D eigenvalue weighted by molar-refractivity contribution is 0.140. The Kier molecular flexibility index (Phi) is 10.1. The van der Waals surface area contributed by atoms with Crippen LogP contribution >= 0.6 is 11.8 Å². The summed E-state index contributed by atoms with van der Waals surface area (Å²) in [5.41, 5.74) is 3.94. The van der Waals surface area contributed by atoms with Crippen molar-refractivity contribution in [2.75, 3.05) is 18.1 Å². The van der Waals surface area contributed by atoms with E-state index in [1.807, 2.05) is 12.1 Å². The fourth-order valence-electron chi connectivity index (χ4n) is 5.78. The molecule has 3 rings (SSSR count). The average molecular weight is 472 g/mol. The quantitative estimate of drug-likeness (QED) is 0.306. The summed E-state index contributed by atoms with van der Waals surface area (Å²) in [7, 11) is 0. The van der Waals surface area contributed by atoms with Crippen LogP contribution < -0.4 is 0 Å². The number of hydrogen-bond acceptors (Lipinski definition) is 4. The second kappa shape index (κ2) is 12.6. The van der Waals surface area contributed by atoms with Crippen LogP contribution in [0.5, 0.6) is 0 Å². The first-order chi connectivity index (χ1) is 15.7. The molecule has 2 aliphatic carbocycles. The van der Waals surface area contributed by atoms with Gasteiger partial charge < -0.3 is 10.2 Å². The summed E-state index contributed by atoms with van der Waals surface area (Å²) in [5, 5.41) is 21.2. The van der Waals surface area contributed by atoms with E-state index in [1.165, 1.54) is 24.3 Å². The molecule has 0 unspecified atom stereocenters. The predicted octanol–water partition coefficient (Wildman–Crippen LogP) is 5.64. The molecule has 33 heavy (non-hydrogen) atoms. The summed E-state index contributed by atoms with van der Waals surface area (Å²) in [6.07, 6.45) is 9.51. The van der Waals surface area contributed by atoms with Crippen LogP contribution in [0.2, 0.25) is 0 Å². The molecule has 0 spiro atoms. The van der Waals surface area contributed by atoms with E-state index in [1.54, 1.807) is 5.57 Å². The highest BCUT2D eigenvalue weighted by Gasteiger charge is 2.43. The van der Waals surface area contributed by atoms with E-state index in [9.17, 15) is 10.2 Å². The third kappa shape index (κ3) is 7.71. The zero-order valence-corrected chi connectivity index (χ0v) is 22.1. The lowest BCUT2D eigenvalue weighted by atomic mass is 9.89. The van der Waals surface area contributed by atoms with Crippen molar-refractivity contribution < 1.29 is 10.2 Å². The first-order valence-corrected chi connectivity index (χ1v) is 14.0. The van der Waals surface area contributed by atoms with Crippen LogP contribution in [0, 0.1) is 24.7 Å². The molecule has 0 amide bonds. The molecule has 1 aromatic rings. The second-order valence-corrected chi connectivity index (χ2v) is 11.8. The molecule has 0 saturated heterocycles. The van der Waals surface area contributed by atoms with Gasteiger partial charge >= 0.3 is 0 Å². The number of nitrogens with zero attached hydrogens (tertiary/aromatic N) is 1.